The van der Waals surface area contributed by atoms with Gasteiger partial charge in [-0.15, -0.1) is 0 Å². The molecule has 0 bridgehead atoms. The number of carbonyl (C=O) groups excluding carboxylic acids is 1. The first-order valence-electron chi connectivity index (χ1n) is 9.90. The van der Waals surface area contributed by atoms with Crippen LogP contribution in [0.3, 0.4) is 0 Å². The summed E-state index contributed by atoms with van der Waals surface area (Å²) in [6, 6.07) is 9.85. The quantitative estimate of drug-likeness (QED) is 0.589. The second-order valence-corrected chi connectivity index (χ2v) is 10.1. The van der Waals surface area contributed by atoms with Crippen molar-refractivity contribution in [3.05, 3.63) is 59.7 Å². The van der Waals surface area contributed by atoms with Gasteiger partial charge in [-0.3, -0.25) is 4.79 Å². The maximum atomic E-state index is 13.1. The Balaban J connectivity index is 2.26. The first-order chi connectivity index (χ1) is 14.3. The molecular formula is C22H27F3N2O3S. The smallest absolute Gasteiger partial charge is 0.321 e. The monoisotopic (exact) mass is 456 g/mol. The standard InChI is InChI=1S/C22H27F3N2O3S/c1-15(2)13-27(14-16(3)4)31(29,30)18-11-9-17(10-12-18)21(28)26-20-8-6-5-7-19(20)22(23,24)25/h5-12,15-16H,13-14H2,1-4H3,(H,26,28). The van der Waals surface area contributed by atoms with Gasteiger partial charge in [-0.05, 0) is 48.2 Å². The molecule has 2 aromatic rings. The minimum absolute atomic E-state index is 0.0287. The third-order valence-corrected chi connectivity index (χ3v) is 6.22. The van der Waals surface area contributed by atoms with Gasteiger partial charge in [0.25, 0.3) is 5.91 Å². The van der Waals surface area contributed by atoms with Crippen LogP contribution in [-0.4, -0.2) is 31.7 Å². The van der Waals surface area contributed by atoms with E-state index in [1.807, 2.05) is 27.7 Å². The highest BCUT2D eigenvalue weighted by Gasteiger charge is 2.33. The number of amides is 1. The maximum absolute atomic E-state index is 13.1. The lowest BCUT2D eigenvalue weighted by Gasteiger charge is -2.25. The molecule has 0 unspecified atom stereocenters. The van der Waals surface area contributed by atoms with Crippen molar-refractivity contribution in [3.63, 3.8) is 0 Å². The van der Waals surface area contributed by atoms with E-state index in [9.17, 15) is 26.4 Å². The number of sulfonamides is 1. The number of hydrogen-bond acceptors (Lipinski definition) is 3. The number of carbonyl (C=O) groups is 1. The van der Waals surface area contributed by atoms with Gasteiger partial charge in [0.2, 0.25) is 10.0 Å². The normalized spacial score (nSPS) is 12.6. The molecule has 0 spiro atoms. The van der Waals surface area contributed by atoms with Gasteiger partial charge in [-0.1, -0.05) is 39.8 Å². The molecule has 0 saturated carbocycles. The van der Waals surface area contributed by atoms with E-state index < -0.39 is 27.7 Å². The molecule has 0 atom stereocenters. The highest BCUT2D eigenvalue weighted by atomic mass is 32.2. The summed E-state index contributed by atoms with van der Waals surface area (Å²) in [5, 5.41) is 2.25. The van der Waals surface area contributed by atoms with Crippen molar-refractivity contribution in [2.45, 2.75) is 38.8 Å². The van der Waals surface area contributed by atoms with Crippen LogP contribution in [0.4, 0.5) is 18.9 Å². The van der Waals surface area contributed by atoms with E-state index in [2.05, 4.69) is 5.32 Å². The van der Waals surface area contributed by atoms with E-state index in [-0.39, 0.29) is 28.0 Å². The maximum Gasteiger partial charge on any atom is 0.418 e. The van der Waals surface area contributed by atoms with Gasteiger partial charge in [0.15, 0.2) is 0 Å². The Kier molecular flexibility index (Phi) is 7.88. The Morgan fingerprint density at radius 3 is 1.94 bits per heavy atom. The Hall–Kier alpha value is -2.39. The largest absolute Gasteiger partial charge is 0.418 e. The van der Waals surface area contributed by atoms with E-state index in [1.165, 1.54) is 40.7 Å². The lowest BCUT2D eigenvalue weighted by Crippen LogP contribution is -2.37. The first-order valence-corrected chi connectivity index (χ1v) is 11.3. The summed E-state index contributed by atoms with van der Waals surface area (Å²) in [4.78, 5) is 12.5. The van der Waals surface area contributed by atoms with Crippen molar-refractivity contribution in [2.75, 3.05) is 18.4 Å². The number of hydrogen-bond donors (Lipinski definition) is 1. The van der Waals surface area contributed by atoms with Crippen LogP contribution < -0.4 is 5.32 Å². The fourth-order valence-electron chi connectivity index (χ4n) is 3.05. The van der Waals surface area contributed by atoms with Gasteiger partial charge >= 0.3 is 6.18 Å². The highest BCUT2D eigenvalue weighted by molar-refractivity contribution is 7.89. The Morgan fingerprint density at radius 1 is 0.935 bits per heavy atom. The third kappa shape index (κ3) is 6.54. The third-order valence-electron chi connectivity index (χ3n) is 4.37. The van der Waals surface area contributed by atoms with Crippen molar-refractivity contribution >= 4 is 21.6 Å². The highest BCUT2D eigenvalue weighted by Crippen LogP contribution is 2.34. The molecule has 9 heteroatoms. The minimum atomic E-state index is -4.61. The van der Waals surface area contributed by atoms with Crippen LogP contribution in [0.15, 0.2) is 53.4 Å². The molecule has 1 amide bonds. The topological polar surface area (TPSA) is 66.5 Å². The predicted octanol–water partition coefficient (Wildman–Crippen LogP) is 5.26. The van der Waals surface area contributed by atoms with Crippen LogP contribution in [0.2, 0.25) is 0 Å². The van der Waals surface area contributed by atoms with E-state index in [1.54, 1.807) is 0 Å². The fraction of sp³-hybridized carbons (Fsp3) is 0.409. The number of rotatable bonds is 8. The first kappa shape index (κ1) is 24.9. The summed E-state index contributed by atoms with van der Waals surface area (Å²) in [5.41, 5.74) is -1.27. The Bertz CT molecular complexity index is 991. The zero-order valence-corrected chi connectivity index (χ0v) is 18.7. The lowest BCUT2D eigenvalue weighted by atomic mass is 10.1. The Morgan fingerprint density at radius 2 is 1.45 bits per heavy atom. The summed E-state index contributed by atoms with van der Waals surface area (Å²) in [6.45, 7) is 8.42. The van der Waals surface area contributed by atoms with E-state index in [0.717, 1.165) is 12.1 Å². The van der Waals surface area contributed by atoms with Crippen LogP contribution in [0.1, 0.15) is 43.6 Å². The van der Waals surface area contributed by atoms with Crippen LogP contribution in [0, 0.1) is 11.8 Å². The molecule has 5 nitrogen and oxygen atoms in total. The van der Waals surface area contributed by atoms with E-state index in [0.29, 0.717) is 13.1 Å². The average molecular weight is 457 g/mol. The number of anilines is 1. The van der Waals surface area contributed by atoms with Crippen molar-refractivity contribution < 1.29 is 26.4 Å². The molecule has 2 aromatic carbocycles. The van der Waals surface area contributed by atoms with Crippen LogP contribution in [0.25, 0.3) is 0 Å². The number of benzene rings is 2. The predicted molar refractivity (Wildman–Crippen MR) is 114 cm³/mol. The minimum Gasteiger partial charge on any atom is -0.321 e. The number of halogens is 3. The fourth-order valence-corrected chi connectivity index (χ4v) is 4.81. The molecule has 0 aliphatic heterocycles. The summed E-state index contributed by atoms with van der Waals surface area (Å²) < 4.78 is 66.8. The van der Waals surface area contributed by atoms with Crippen LogP contribution in [-0.2, 0) is 16.2 Å². The van der Waals surface area contributed by atoms with Gasteiger partial charge < -0.3 is 5.32 Å². The molecular weight excluding hydrogens is 429 g/mol. The summed E-state index contributed by atoms with van der Waals surface area (Å²) in [6.07, 6.45) is -4.61. The second-order valence-electron chi connectivity index (χ2n) is 8.13. The molecule has 0 saturated heterocycles. The van der Waals surface area contributed by atoms with E-state index >= 15 is 0 Å². The molecule has 0 heterocycles. The molecule has 2 rings (SSSR count). The lowest BCUT2D eigenvalue weighted by molar-refractivity contribution is -0.136. The number of para-hydroxylation sites is 1. The van der Waals surface area contributed by atoms with Crippen molar-refractivity contribution in [1.82, 2.24) is 4.31 Å². The molecule has 170 valence electrons. The van der Waals surface area contributed by atoms with Gasteiger partial charge in [-0.2, -0.15) is 17.5 Å². The van der Waals surface area contributed by atoms with Gasteiger partial charge in [0, 0.05) is 18.7 Å². The van der Waals surface area contributed by atoms with Crippen molar-refractivity contribution in [1.29, 1.82) is 0 Å². The number of nitrogens with one attached hydrogen (secondary N) is 1. The molecule has 31 heavy (non-hydrogen) atoms. The summed E-state index contributed by atoms with van der Waals surface area (Å²) in [7, 11) is -3.77. The van der Waals surface area contributed by atoms with Crippen LogP contribution >= 0.6 is 0 Å². The Labute approximate surface area is 181 Å². The second kappa shape index (κ2) is 9.82. The van der Waals surface area contributed by atoms with Gasteiger partial charge in [0.05, 0.1) is 16.1 Å². The molecule has 0 radical (unpaired) electrons. The number of alkyl halides is 3. The number of nitrogens with zero attached hydrogens (tertiary/aromatic N) is 1. The molecule has 0 aliphatic rings. The van der Waals surface area contributed by atoms with Crippen molar-refractivity contribution in [2.24, 2.45) is 11.8 Å². The van der Waals surface area contributed by atoms with Gasteiger partial charge in [-0.25, -0.2) is 8.42 Å². The van der Waals surface area contributed by atoms with E-state index in [4.69, 9.17) is 0 Å². The molecule has 0 aliphatic carbocycles. The summed E-state index contributed by atoms with van der Waals surface area (Å²) >= 11 is 0. The van der Waals surface area contributed by atoms with Gasteiger partial charge in [0.1, 0.15) is 0 Å². The summed E-state index contributed by atoms with van der Waals surface area (Å²) in [5.74, 6) is -0.499. The molecule has 0 fully saturated rings. The van der Waals surface area contributed by atoms with Crippen molar-refractivity contribution in [3.8, 4) is 0 Å². The average Bonchev–Trinajstić information content (AvgIpc) is 2.66. The van der Waals surface area contributed by atoms with Crippen LogP contribution in [0.5, 0.6) is 0 Å². The zero-order valence-electron chi connectivity index (χ0n) is 17.9. The molecule has 1 N–H and O–H groups in total. The molecule has 0 aromatic heterocycles. The zero-order chi connectivity index (χ0) is 23.4. The SMILES string of the molecule is CC(C)CN(CC(C)C)S(=O)(=O)c1ccc(C(=O)Nc2ccccc2C(F)(F)F)cc1.